The van der Waals surface area contributed by atoms with E-state index in [1.165, 1.54) is 26.0 Å². The lowest BCUT2D eigenvalue weighted by Crippen LogP contribution is -2.22. The molecular formula is C21H17FN4O2S. The van der Waals surface area contributed by atoms with Crippen LogP contribution < -0.4 is 0 Å². The molecule has 0 saturated heterocycles. The van der Waals surface area contributed by atoms with Crippen LogP contribution in [0.15, 0.2) is 59.9 Å². The smallest absolute Gasteiger partial charge is 0.197 e. The average Bonchev–Trinajstić information content (AvgIpc) is 3.30. The average molecular weight is 408 g/mol. The number of carbonyl (C=O) groups is 2. The van der Waals surface area contributed by atoms with Crippen LogP contribution in [0.25, 0.3) is 28.0 Å². The van der Waals surface area contributed by atoms with Crippen LogP contribution in [-0.2, 0) is 9.59 Å². The summed E-state index contributed by atoms with van der Waals surface area (Å²) < 4.78 is 15.2. The molecule has 0 amide bonds. The van der Waals surface area contributed by atoms with Gasteiger partial charge in [0, 0.05) is 28.4 Å². The number of H-pyrrole nitrogens is 1. The summed E-state index contributed by atoms with van der Waals surface area (Å²) in [4.78, 5) is 27.1. The van der Waals surface area contributed by atoms with Crippen LogP contribution >= 0.6 is 11.8 Å². The highest BCUT2D eigenvalue weighted by Crippen LogP contribution is 2.34. The fourth-order valence-corrected chi connectivity index (χ4v) is 4.09. The summed E-state index contributed by atoms with van der Waals surface area (Å²) in [6.45, 7) is 2.75. The third-order valence-corrected chi connectivity index (χ3v) is 5.88. The zero-order chi connectivity index (χ0) is 20.5. The second kappa shape index (κ2) is 7.63. The Hall–Kier alpha value is -3.26. The third kappa shape index (κ3) is 3.58. The first-order valence-corrected chi connectivity index (χ1v) is 9.79. The minimum atomic E-state index is -0.880. The fourth-order valence-electron chi connectivity index (χ4n) is 3.16. The van der Waals surface area contributed by atoms with Crippen LogP contribution in [0.3, 0.4) is 0 Å². The van der Waals surface area contributed by atoms with Gasteiger partial charge in [0.2, 0.25) is 0 Å². The number of para-hydroxylation sites is 1. The second-order valence-corrected chi connectivity index (χ2v) is 7.66. The molecule has 8 heteroatoms. The van der Waals surface area contributed by atoms with Crippen molar-refractivity contribution in [2.24, 2.45) is 0 Å². The lowest BCUT2D eigenvalue weighted by Gasteiger charge is -2.13. The standard InChI is InChI=1S/C21H17FN4O2S/c1-12(27)19(13(2)28)29-21-25-24-20(26(21)15-9-7-14(22)8-10-15)17-11-23-18-6-4-3-5-16(17)18/h3-11,19,23H,1-2H3. The van der Waals surface area contributed by atoms with Gasteiger partial charge in [-0.15, -0.1) is 10.2 Å². The van der Waals surface area contributed by atoms with Crippen molar-refractivity contribution in [2.45, 2.75) is 24.3 Å². The Kier molecular flexibility index (Phi) is 5.02. The Labute approximate surface area is 170 Å². The highest BCUT2D eigenvalue weighted by Gasteiger charge is 2.26. The first kappa shape index (κ1) is 19.1. The van der Waals surface area contributed by atoms with Crippen LogP contribution in [0.1, 0.15) is 13.8 Å². The summed E-state index contributed by atoms with van der Waals surface area (Å²) in [5, 5.41) is 9.04. The van der Waals surface area contributed by atoms with Gasteiger partial charge in [0.15, 0.2) is 22.5 Å². The molecule has 6 nitrogen and oxygen atoms in total. The molecule has 146 valence electrons. The van der Waals surface area contributed by atoms with Gasteiger partial charge in [0.25, 0.3) is 0 Å². The number of Topliss-reactive ketones (excluding diaryl/α,β-unsaturated/α-hetero) is 2. The molecule has 0 bridgehead atoms. The minimum Gasteiger partial charge on any atom is -0.360 e. The first-order chi connectivity index (χ1) is 14.0. The molecule has 1 N–H and O–H groups in total. The van der Waals surface area contributed by atoms with Gasteiger partial charge in [-0.1, -0.05) is 30.0 Å². The number of halogens is 1. The molecule has 4 aromatic rings. The van der Waals surface area contributed by atoms with Crippen molar-refractivity contribution < 1.29 is 14.0 Å². The molecule has 0 radical (unpaired) electrons. The van der Waals surface area contributed by atoms with Crippen LogP contribution in [0.5, 0.6) is 0 Å². The topological polar surface area (TPSA) is 80.6 Å². The molecule has 0 spiro atoms. The molecule has 2 heterocycles. The number of benzene rings is 2. The fraction of sp³-hybridized carbons (Fsp3) is 0.143. The van der Waals surface area contributed by atoms with Crippen molar-refractivity contribution in [3.63, 3.8) is 0 Å². The minimum absolute atomic E-state index is 0.259. The SMILES string of the molecule is CC(=O)C(Sc1nnc(-c2c[nH]c3ccccc23)n1-c1ccc(F)cc1)C(C)=O. The van der Waals surface area contributed by atoms with E-state index in [-0.39, 0.29) is 17.4 Å². The monoisotopic (exact) mass is 408 g/mol. The molecule has 0 aliphatic heterocycles. The van der Waals surface area contributed by atoms with Gasteiger partial charge in [0.1, 0.15) is 11.1 Å². The normalized spacial score (nSPS) is 11.3. The van der Waals surface area contributed by atoms with E-state index in [0.29, 0.717) is 16.7 Å². The van der Waals surface area contributed by atoms with Crippen LogP contribution in [0, 0.1) is 5.82 Å². The number of hydrogen-bond acceptors (Lipinski definition) is 5. The van der Waals surface area contributed by atoms with E-state index >= 15 is 0 Å². The zero-order valence-electron chi connectivity index (χ0n) is 15.7. The zero-order valence-corrected chi connectivity index (χ0v) is 16.5. The number of rotatable bonds is 6. The number of fused-ring (bicyclic) bond motifs is 1. The number of thioether (sulfide) groups is 1. The number of ketones is 2. The van der Waals surface area contributed by atoms with E-state index < -0.39 is 5.25 Å². The maximum Gasteiger partial charge on any atom is 0.197 e. The first-order valence-electron chi connectivity index (χ1n) is 8.91. The summed E-state index contributed by atoms with van der Waals surface area (Å²) in [5.74, 6) is -0.355. The van der Waals surface area contributed by atoms with Gasteiger partial charge in [0.05, 0.1) is 0 Å². The van der Waals surface area contributed by atoms with Crippen molar-refractivity contribution in [3.8, 4) is 17.1 Å². The third-order valence-electron chi connectivity index (χ3n) is 4.51. The number of aromatic nitrogens is 4. The molecule has 29 heavy (non-hydrogen) atoms. The van der Waals surface area contributed by atoms with Crippen LogP contribution in [-0.4, -0.2) is 36.6 Å². The molecular weight excluding hydrogens is 391 g/mol. The molecule has 0 aliphatic carbocycles. The molecule has 0 aliphatic rings. The van der Waals surface area contributed by atoms with Gasteiger partial charge in [-0.05, 0) is 44.2 Å². The lowest BCUT2D eigenvalue weighted by molar-refractivity contribution is -0.123. The van der Waals surface area contributed by atoms with Crippen molar-refractivity contribution in [1.82, 2.24) is 19.7 Å². The number of nitrogens with one attached hydrogen (secondary N) is 1. The Balaban J connectivity index is 1.90. The molecule has 2 aromatic heterocycles. The maximum atomic E-state index is 13.5. The maximum absolute atomic E-state index is 13.5. The largest absolute Gasteiger partial charge is 0.360 e. The summed E-state index contributed by atoms with van der Waals surface area (Å²) in [6.07, 6.45) is 1.83. The molecule has 4 rings (SSSR count). The summed E-state index contributed by atoms with van der Waals surface area (Å²) in [7, 11) is 0. The van der Waals surface area contributed by atoms with Crippen LogP contribution in [0.4, 0.5) is 4.39 Å². The van der Waals surface area contributed by atoms with Gasteiger partial charge >= 0.3 is 0 Å². The highest BCUT2D eigenvalue weighted by molar-refractivity contribution is 8.01. The van der Waals surface area contributed by atoms with Crippen molar-refractivity contribution in [1.29, 1.82) is 0 Å². The number of hydrogen-bond donors (Lipinski definition) is 1. The van der Waals surface area contributed by atoms with Crippen molar-refractivity contribution in [3.05, 3.63) is 60.5 Å². The molecule has 0 fully saturated rings. The summed E-state index contributed by atoms with van der Waals surface area (Å²) in [5.41, 5.74) is 2.38. The summed E-state index contributed by atoms with van der Waals surface area (Å²) in [6, 6.07) is 13.7. The predicted octanol–water partition coefficient (Wildman–Crippen LogP) is 4.19. The van der Waals surface area contributed by atoms with Crippen molar-refractivity contribution >= 4 is 34.2 Å². The molecule has 0 atom stereocenters. The number of nitrogens with zero attached hydrogens (tertiary/aromatic N) is 3. The van der Waals surface area contributed by atoms with E-state index in [4.69, 9.17) is 0 Å². The Morgan fingerprint density at radius 3 is 2.41 bits per heavy atom. The Morgan fingerprint density at radius 1 is 1.03 bits per heavy atom. The quantitative estimate of drug-likeness (QED) is 0.382. The van der Waals surface area contributed by atoms with E-state index in [0.717, 1.165) is 28.2 Å². The second-order valence-electron chi connectivity index (χ2n) is 6.59. The lowest BCUT2D eigenvalue weighted by atomic mass is 10.1. The number of carbonyl (C=O) groups excluding carboxylic acids is 2. The highest BCUT2D eigenvalue weighted by atomic mass is 32.2. The van der Waals surface area contributed by atoms with E-state index in [2.05, 4.69) is 15.2 Å². The van der Waals surface area contributed by atoms with Gasteiger partial charge in [-0.25, -0.2) is 4.39 Å². The molecule has 2 aromatic carbocycles. The summed E-state index contributed by atoms with van der Waals surface area (Å²) >= 11 is 1.04. The van der Waals surface area contributed by atoms with Crippen molar-refractivity contribution in [2.75, 3.05) is 0 Å². The van der Waals surface area contributed by atoms with Gasteiger partial charge < -0.3 is 4.98 Å². The van der Waals surface area contributed by atoms with E-state index in [1.807, 2.05) is 30.5 Å². The Morgan fingerprint density at radius 2 is 1.72 bits per heavy atom. The molecule has 0 saturated carbocycles. The number of aromatic amines is 1. The van der Waals surface area contributed by atoms with Gasteiger partial charge in [-0.3, -0.25) is 14.2 Å². The van der Waals surface area contributed by atoms with Crippen LogP contribution in [0.2, 0.25) is 0 Å². The Bertz CT molecular complexity index is 1200. The van der Waals surface area contributed by atoms with E-state index in [1.54, 1.807) is 16.7 Å². The van der Waals surface area contributed by atoms with Gasteiger partial charge in [-0.2, -0.15) is 0 Å². The predicted molar refractivity (Wildman–Crippen MR) is 110 cm³/mol. The van der Waals surface area contributed by atoms with E-state index in [9.17, 15) is 14.0 Å². The molecule has 0 unspecified atom stereocenters.